The molecule has 1 fully saturated rings. The monoisotopic (exact) mass is 534 g/mol. The lowest BCUT2D eigenvalue weighted by Gasteiger charge is -2.19. The second kappa shape index (κ2) is 10.5. The van der Waals surface area contributed by atoms with E-state index in [1.54, 1.807) is 24.4 Å². The maximum atomic E-state index is 14.6. The molecule has 11 heteroatoms. The topological polar surface area (TPSA) is 59.9 Å². The first-order valence-corrected chi connectivity index (χ1v) is 12.7. The van der Waals surface area contributed by atoms with E-state index < -0.39 is 17.5 Å². The van der Waals surface area contributed by atoms with Crippen molar-refractivity contribution in [3.05, 3.63) is 76.4 Å². The fourth-order valence-corrected chi connectivity index (χ4v) is 5.79. The molecule has 0 amide bonds. The minimum Gasteiger partial charge on any atom is -0.381 e. The second-order valence-corrected chi connectivity index (χ2v) is 10.0. The summed E-state index contributed by atoms with van der Waals surface area (Å²) in [5, 5.41) is 1.06. The molecule has 5 rings (SSSR count). The van der Waals surface area contributed by atoms with E-state index in [2.05, 4.69) is 14.7 Å². The quantitative estimate of drug-likeness (QED) is 0.206. The molecule has 180 valence electrons. The zero-order valence-electron chi connectivity index (χ0n) is 18.1. The van der Waals surface area contributed by atoms with Crippen molar-refractivity contribution in [1.29, 1.82) is 0 Å². The highest BCUT2D eigenvalue weighted by Gasteiger charge is 2.24. The standard InChI is InChI=1S/C24H18ClF3N4OS2/c25-24-29-8-5-18(30-24)22-21(31-23(34-22)13-6-9-33-10-7-13)14-1-3-16(27)19(11-14)32-35-20-12-15(26)2-4-17(20)28/h1-5,8,11-13,32H,6-7,9-10H2. The lowest BCUT2D eigenvalue weighted by Crippen LogP contribution is -2.13. The van der Waals surface area contributed by atoms with E-state index >= 15 is 0 Å². The molecule has 1 aliphatic heterocycles. The maximum absolute atomic E-state index is 14.6. The predicted octanol–water partition coefficient (Wildman–Crippen LogP) is 7.35. The van der Waals surface area contributed by atoms with Crippen LogP contribution in [-0.2, 0) is 4.74 Å². The van der Waals surface area contributed by atoms with E-state index in [0.29, 0.717) is 30.2 Å². The molecular formula is C24H18ClF3N4OS2. The van der Waals surface area contributed by atoms with Crippen molar-refractivity contribution >= 4 is 40.6 Å². The van der Waals surface area contributed by atoms with Gasteiger partial charge in [0.05, 0.1) is 31.9 Å². The molecule has 2 aromatic heterocycles. The molecule has 0 atom stereocenters. The Morgan fingerprint density at radius 2 is 1.80 bits per heavy atom. The summed E-state index contributed by atoms with van der Waals surface area (Å²) < 4.78 is 50.4. The average molecular weight is 535 g/mol. The maximum Gasteiger partial charge on any atom is 0.222 e. The number of rotatable bonds is 6. The molecule has 0 bridgehead atoms. The molecule has 4 aromatic rings. The number of aromatic nitrogens is 3. The van der Waals surface area contributed by atoms with Gasteiger partial charge in [0.15, 0.2) is 0 Å². The molecule has 3 heterocycles. The van der Waals surface area contributed by atoms with Crippen molar-refractivity contribution in [2.24, 2.45) is 0 Å². The molecule has 0 radical (unpaired) electrons. The summed E-state index contributed by atoms with van der Waals surface area (Å²) in [5.74, 6) is -1.47. The van der Waals surface area contributed by atoms with Crippen molar-refractivity contribution < 1.29 is 17.9 Å². The van der Waals surface area contributed by atoms with Crippen LogP contribution in [0.3, 0.4) is 0 Å². The molecule has 0 aliphatic carbocycles. The fraction of sp³-hybridized carbons (Fsp3) is 0.208. The van der Waals surface area contributed by atoms with Gasteiger partial charge in [-0.2, -0.15) is 0 Å². The zero-order chi connectivity index (χ0) is 24.4. The molecular weight excluding hydrogens is 517 g/mol. The Balaban J connectivity index is 1.51. The minimum absolute atomic E-state index is 0.0154. The van der Waals surface area contributed by atoms with E-state index in [9.17, 15) is 13.2 Å². The Morgan fingerprint density at radius 1 is 1.00 bits per heavy atom. The number of benzene rings is 2. The van der Waals surface area contributed by atoms with Crippen LogP contribution in [-0.4, -0.2) is 28.2 Å². The molecule has 1 aliphatic rings. The van der Waals surface area contributed by atoms with E-state index in [1.807, 2.05) is 0 Å². The number of halogens is 4. The van der Waals surface area contributed by atoms with Crippen LogP contribution in [0, 0.1) is 17.5 Å². The van der Waals surface area contributed by atoms with E-state index in [4.69, 9.17) is 21.3 Å². The highest BCUT2D eigenvalue weighted by Crippen LogP contribution is 2.42. The van der Waals surface area contributed by atoms with Crippen LogP contribution in [0.1, 0.15) is 23.8 Å². The third kappa shape index (κ3) is 5.45. The molecule has 35 heavy (non-hydrogen) atoms. The number of nitrogens with zero attached hydrogens (tertiary/aromatic N) is 3. The summed E-state index contributed by atoms with van der Waals surface area (Å²) in [6.07, 6.45) is 3.30. The van der Waals surface area contributed by atoms with Crippen LogP contribution in [0.5, 0.6) is 0 Å². The molecule has 0 saturated carbocycles. The van der Waals surface area contributed by atoms with Crippen molar-refractivity contribution in [2.75, 3.05) is 17.9 Å². The van der Waals surface area contributed by atoms with Gasteiger partial charge in [0.25, 0.3) is 0 Å². The van der Waals surface area contributed by atoms with Crippen molar-refractivity contribution in [3.8, 4) is 21.8 Å². The van der Waals surface area contributed by atoms with Gasteiger partial charge in [0.2, 0.25) is 5.28 Å². The van der Waals surface area contributed by atoms with Crippen LogP contribution in [0.2, 0.25) is 5.28 Å². The summed E-state index contributed by atoms with van der Waals surface area (Å²) in [6.45, 7) is 1.35. The summed E-state index contributed by atoms with van der Waals surface area (Å²) in [4.78, 5) is 14.0. The Bertz CT molecular complexity index is 1360. The lowest BCUT2D eigenvalue weighted by atomic mass is 10.0. The Kier molecular flexibility index (Phi) is 7.24. The van der Waals surface area contributed by atoms with E-state index in [0.717, 1.165) is 52.9 Å². The number of ether oxygens (including phenoxy) is 1. The van der Waals surface area contributed by atoms with Crippen LogP contribution < -0.4 is 4.72 Å². The van der Waals surface area contributed by atoms with Gasteiger partial charge in [-0.05, 0) is 78.9 Å². The van der Waals surface area contributed by atoms with Gasteiger partial charge in [-0.25, -0.2) is 28.1 Å². The third-order valence-corrected chi connectivity index (χ3v) is 7.75. The van der Waals surface area contributed by atoms with Crippen LogP contribution in [0.25, 0.3) is 21.8 Å². The molecule has 1 saturated heterocycles. The SMILES string of the molecule is Fc1ccc(F)c(SNc2cc(-c3nc(C4CCOCC4)sc3-c3ccnc(Cl)n3)ccc2F)c1. The van der Waals surface area contributed by atoms with Crippen molar-refractivity contribution in [2.45, 2.75) is 23.7 Å². The first-order valence-electron chi connectivity index (χ1n) is 10.7. The van der Waals surface area contributed by atoms with Crippen LogP contribution in [0.4, 0.5) is 18.9 Å². The van der Waals surface area contributed by atoms with E-state index in [1.165, 1.54) is 17.4 Å². The van der Waals surface area contributed by atoms with Crippen LogP contribution >= 0.6 is 34.9 Å². The highest BCUT2D eigenvalue weighted by atomic mass is 35.5. The zero-order valence-corrected chi connectivity index (χ0v) is 20.5. The molecule has 5 nitrogen and oxygen atoms in total. The average Bonchev–Trinajstić information content (AvgIpc) is 3.32. The normalized spacial score (nSPS) is 14.3. The summed E-state index contributed by atoms with van der Waals surface area (Å²) in [7, 11) is 0. The summed E-state index contributed by atoms with van der Waals surface area (Å²) in [6, 6.07) is 9.38. The van der Waals surface area contributed by atoms with Gasteiger partial charge in [-0.3, -0.25) is 0 Å². The number of anilines is 1. The molecule has 0 unspecified atom stereocenters. The van der Waals surface area contributed by atoms with Crippen LogP contribution in [0.15, 0.2) is 53.6 Å². The molecule has 0 spiro atoms. The smallest absolute Gasteiger partial charge is 0.222 e. The summed E-state index contributed by atoms with van der Waals surface area (Å²) >= 11 is 8.35. The second-order valence-electron chi connectivity index (χ2n) is 7.80. The molecule has 2 aromatic carbocycles. The Morgan fingerprint density at radius 3 is 2.60 bits per heavy atom. The largest absolute Gasteiger partial charge is 0.381 e. The van der Waals surface area contributed by atoms with E-state index in [-0.39, 0.29) is 21.8 Å². The van der Waals surface area contributed by atoms with Gasteiger partial charge in [-0.1, -0.05) is 0 Å². The summed E-state index contributed by atoms with van der Waals surface area (Å²) in [5.41, 5.74) is 2.01. The predicted molar refractivity (Wildman–Crippen MR) is 132 cm³/mol. The number of nitrogens with one attached hydrogen (secondary N) is 1. The molecule has 1 N–H and O–H groups in total. The third-order valence-electron chi connectivity index (χ3n) is 5.48. The van der Waals surface area contributed by atoms with Crippen molar-refractivity contribution in [3.63, 3.8) is 0 Å². The van der Waals surface area contributed by atoms with Crippen molar-refractivity contribution in [1.82, 2.24) is 15.0 Å². The Labute approximate surface area is 212 Å². The lowest BCUT2D eigenvalue weighted by molar-refractivity contribution is 0.0853. The minimum atomic E-state index is -0.607. The first kappa shape index (κ1) is 24.1. The van der Waals surface area contributed by atoms with Gasteiger partial charge in [-0.15, -0.1) is 11.3 Å². The van der Waals surface area contributed by atoms with Gasteiger partial charge in [0.1, 0.15) is 17.5 Å². The van der Waals surface area contributed by atoms with Gasteiger partial charge < -0.3 is 9.46 Å². The first-order chi connectivity index (χ1) is 17.0. The number of thiazole rings is 1. The Hall–Kier alpha value is -2.66. The number of hydrogen-bond acceptors (Lipinski definition) is 7. The highest BCUT2D eigenvalue weighted by molar-refractivity contribution is 8.00. The fourth-order valence-electron chi connectivity index (χ4n) is 3.70. The van der Waals surface area contributed by atoms with Gasteiger partial charge in [0, 0.05) is 30.9 Å². The van der Waals surface area contributed by atoms with Gasteiger partial charge >= 0.3 is 0 Å². The number of hydrogen-bond donors (Lipinski definition) is 1.